The van der Waals surface area contributed by atoms with Crippen molar-refractivity contribution in [2.45, 2.75) is 51.4 Å². The van der Waals surface area contributed by atoms with Gasteiger partial charge in [-0.2, -0.15) is 5.10 Å². The smallest absolute Gasteiger partial charge is 0.222 e. The fourth-order valence-corrected chi connectivity index (χ4v) is 3.86. The van der Waals surface area contributed by atoms with Gasteiger partial charge in [0.15, 0.2) is 5.96 Å². The first-order chi connectivity index (χ1) is 13.7. The number of fused-ring (bicyclic) bond motifs is 1. The van der Waals surface area contributed by atoms with Crippen LogP contribution in [0.3, 0.4) is 0 Å². The van der Waals surface area contributed by atoms with E-state index < -0.39 is 0 Å². The summed E-state index contributed by atoms with van der Waals surface area (Å²) >= 11 is 0. The van der Waals surface area contributed by atoms with Crippen LogP contribution >= 0.6 is 0 Å². The molecule has 1 aromatic carbocycles. The maximum absolute atomic E-state index is 11.8. The van der Waals surface area contributed by atoms with Crippen LogP contribution in [0.15, 0.2) is 35.6 Å². The van der Waals surface area contributed by atoms with E-state index in [0.29, 0.717) is 19.5 Å². The fourth-order valence-electron chi connectivity index (χ4n) is 3.86. The van der Waals surface area contributed by atoms with Gasteiger partial charge in [0, 0.05) is 45.6 Å². The number of aliphatic imine (C=N–C) groups is 1. The van der Waals surface area contributed by atoms with Crippen molar-refractivity contribution < 1.29 is 4.79 Å². The molecule has 148 valence electrons. The second kappa shape index (κ2) is 8.41. The number of hydrogen-bond acceptors (Lipinski definition) is 4. The summed E-state index contributed by atoms with van der Waals surface area (Å²) in [4.78, 5) is 22.4. The van der Waals surface area contributed by atoms with Gasteiger partial charge in [-0.15, -0.1) is 0 Å². The van der Waals surface area contributed by atoms with E-state index >= 15 is 0 Å². The minimum absolute atomic E-state index is 0.260. The number of nitrogens with zero attached hydrogens (tertiary/aromatic N) is 5. The van der Waals surface area contributed by atoms with Gasteiger partial charge in [0.2, 0.25) is 5.91 Å². The normalized spacial score (nSPS) is 19.6. The lowest BCUT2D eigenvalue weighted by Gasteiger charge is -2.25. The van der Waals surface area contributed by atoms with E-state index in [9.17, 15) is 4.79 Å². The topological polar surface area (TPSA) is 87.4 Å². The Bertz CT molecular complexity index is 860. The number of carbonyl (C=O) groups is 1. The summed E-state index contributed by atoms with van der Waals surface area (Å²) < 4.78 is 1.96. The van der Waals surface area contributed by atoms with Crippen molar-refractivity contribution in [3.63, 3.8) is 0 Å². The zero-order chi connectivity index (χ0) is 19.3. The van der Waals surface area contributed by atoms with E-state index in [2.05, 4.69) is 50.0 Å². The minimum atomic E-state index is 0.260. The van der Waals surface area contributed by atoms with Crippen LogP contribution in [-0.2, 0) is 30.8 Å². The summed E-state index contributed by atoms with van der Waals surface area (Å²) in [6.45, 7) is 3.05. The number of aryl methyl sites for hydroxylation is 1. The van der Waals surface area contributed by atoms with Gasteiger partial charge >= 0.3 is 0 Å². The Balaban J connectivity index is 1.30. The van der Waals surface area contributed by atoms with Crippen molar-refractivity contribution >= 4 is 11.9 Å². The predicted molar refractivity (Wildman–Crippen MR) is 107 cm³/mol. The summed E-state index contributed by atoms with van der Waals surface area (Å²) in [6, 6.07) is 8.68. The number of carbonyl (C=O) groups excluding carboxylic acids is 1. The summed E-state index contributed by atoms with van der Waals surface area (Å²) in [6.07, 6.45) is 5.21. The van der Waals surface area contributed by atoms with E-state index in [1.54, 1.807) is 13.4 Å². The van der Waals surface area contributed by atoms with Crippen LogP contribution in [0.4, 0.5) is 0 Å². The predicted octanol–water partition coefficient (Wildman–Crippen LogP) is 1.08. The molecule has 1 amide bonds. The van der Waals surface area contributed by atoms with E-state index in [1.807, 2.05) is 9.58 Å². The number of aromatic nitrogens is 3. The number of hydrogen-bond donors (Lipinski definition) is 2. The van der Waals surface area contributed by atoms with Gasteiger partial charge in [-0.05, 0) is 24.0 Å². The molecule has 1 saturated heterocycles. The number of rotatable bonds is 5. The Labute approximate surface area is 165 Å². The highest BCUT2D eigenvalue weighted by Gasteiger charge is 2.21. The van der Waals surface area contributed by atoms with E-state index in [4.69, 9.17) is 0 Å². The molecule has 1 aromatic heterocycles. The third-order valence-electron chi connectivity index (χ3n) is 5.37. The Morgan fingerprint density at radius 2 is 2.21 bits per heavy atom. The van der Waals surface area contributed by atoms with Gasteiger partial charge in [0.1, 0.15) is 12.2 Å². The van der Waals surface area contributed by atoms with Crippen LogP contribution in [0.5, 0.6) is 0 Å². The Hall–Kier alpha value is -2.90. The molecular formula is C20H27N7O. The summed E-state index contributed by atoms with van der Waals surface area (Å²) in [7, 11) is 1.79. The van der Waals surface area contributed by atoms with Crippen molar-refractivity contribution in [2.24, 2.45) is 4.99 Å². The third kappa shape index (κ3) is 4.32. The molecule has 28 heavy (non-hydrogen) atoms. The molecule has 8 heteroatoms. The number of nitrogens with one attached hydrogen (secondary N) is 2. The Kier molecular flexibility index (Phi) is 5.55. The van der Waals surface area contributed by atoms with Crippen LogP contribution in [0, 0.1) is 0 Å². The zero-order valence-electron chi connectivity index (χ0n) is 16.3. The standard InChI is InChI=1S/C20H27N7O/c1-21-20(25-17-7-8-18-23-14-24-27(18)13-17)22-11-15-4-2-5-16(10-15)12-26-9-3-6-19(26)28/h2,4-5,10,14,17H,3,6-9,11-13H2,1H3,(H2,21,22,25). The lowest BCUT2D eigenvalue weighted by Crippen LogP contribution is -2.46. The van der Waals surface area contributed by atoms with Gasteiger partial charge in [-0.3, -0.25) is 9.79 Å². The Morgan fingerprint density at radius 3 is 3.04 bits per heavy atom. The zero-order valence-corrected chi connectivity index (χ0v) is 16.3. The first-order valence-corrected chi connectivity index (χ1v) is 9.91. The van der Waals surface area contributed by atoms with Crippen LogP contribution in [0.2, 0.25) is 0 Å². The second-order valence-electron chi connectivity index (χ2n) is 7.40. The van der Waals surface area contributed by atoms with E-state index in [1.165, 1.54) is 11.1 Å². The van der Waals surface area contributed by atoms with Crippen molar-refractivity contribution in [1.29, 1.82) is 0 Å². The molecule has 8 nitrogen and oxygen atoms in total. The molecule has 0 saturated carbocycles. The lowest BCUT2D eigenvalue weighted by molar-refractivity contribution is -0.128. The fraction of sp³-hybridized carbons (Fsp3) is 0.500. The SMILES string of the molecule is CN=C(NCc1cccc(CN2CCCC2=O)c1)NC1CCc2ncnn2C1. The molecule has 2 aliphatic heterocycles. The molecule has 2 N–H and O–H groups in total. The highest BCUT2D eigenvalue weighted by atomic mass is 16.2. The van der Waals surface area contributed by atoms with Gasteiger partial charge < -0.3 is 15.5 Å². The lowest BCUT2D eigenvalue weighted by atomic mass is 10.1. The van der Waals surface area contributed by atoms with Crippen molar-refractivity contribution in [3.8, 4) is 0 Å². The first kappa shape index (κ1) is 18.5. The van der Waals surface area contributed by atoms with Crippen molar-refractivity contribution in [1.82, 2.24) is 30.3 Å². The highest BCUT2D eigenvalue weighted by Crippen LogP contribution is 2.15. The van der Waals surface area contributed by atoms with Crippen LogP contribution in [0.1, 0.15) is 36.2 Å². The maximum atomic E-state index is 11.8. The van der Waals surface area contributed by atoms with Crippen molar-refractivity contribution in [3.05, 3.63) is 47.5 Å². The quantitative estimate of drug-likeness (QED) is 0.598. The molecule has 0 radical (unpaired) electrons. The number of guanidine groups is 1. The molecule has 0 bridgehead atoms. The van der Waals surface area contributed by atoms with E-state index in [0.717, 1.165) is 44.1 Å². The minimum Gasteiger partial charge on any atom is -0.352 e. The second-order valence-corrected chi connectivity index (χ2v) is 7.40. The van der Waals surface area contributed by atoms with E-state index in [-0.39, 0.29) is 11.9 Å². The summed E-state index contributed by atoms with van der Waals surface area (Å²) in [5, 5.41) is 11.1. The van der Waals surface area contributed by atoms with Crippen LogP contribution in [-0.4, -0.2) is 51.2 Å². The molecule has 0 aliphatic carbocycles. The maximum Gasteiger partial charge on any atom is 0.222 e. The molecule has 3 heterocycles. The molecular weight excluding hydrogens is 354 g/mol. The Morgan fingerprint density at radius 1 is 1.32 bits per heavy atom. The molecule has 1 unspecified atom stereocenters. The molecule has 4 rings (SSSR count). The molecule has 1 fully saturated rings. The number of benzene rings is 1. The number of amides is 1. The average molecular weight is 381 g/mol. The molecule has 0 spiro atoms. The number of likely N-dealkylation sites (tertiary alicyclic amines) is 1. The largest absolute Gasteiger partial charge is 0.352 e. The van der Waals surface area contributed by atoms with Crippen LogP contribution < -0.4 is 10.6 Å². The molecule has 1 atom stereocenters. The summed E-state index contributed by atoms with van der Waals surface area (Å²) in [5.74, 6) is 2.10. The van der Waals surface area contributed by atoms with Gasteiger partial charge in [0.25, 0.3) is 0 Å². The first-order valence-electron chi connectivity index (χ1n) is 9.91. The van der Waals surface area contributed by atoms with Gasteiger partial charge in [-0.1, -0.05) is 24.3 Å². The van der Waals surface area contributed by atoms with Gasteiger partial charge in [-0.25, -0.2) is 9.67 Å². The van der Waals surface area contributed by atoms with Crippen LogP contribution in [0.25, 0.3) is 0 Å². The van der Waals surface area contributed by atoms with Gasteiger partial charge in [0.05, 0.1) is 6.54 Å². The molecule has 2 aliphatic rings. The third-order valence-corrected chi connectivity index (χ3v) is 5.37. The monoisotopic (exact) mass is 381 g/mol. The van der Waals surface area contributed by atoms with Crippen molar-refractivity contribution in [2.75, 3.05) is 13.6 Å². The highest BCUT2D eigenvalue weighted by molar-refractivity contribution is 5.80. The molecule has 2 aromatic rings. The average Bonchev–Trinajstić information content (AvgIpc) is 3.34. The summed E-state index contributed by atoms with van der Waals surface area (Å²) in [5.41, 5.74) is 2.35.